The molecule has 0 amide bonds. The lowest BCUT2D eigenvalue weighted by Gasteiger charge is -2.45. The molecular formula is C27H33ClO6. The van der Waals surface area contributed by atoms with Crippen molar-refractivity contribution in [2.75, 3.05) is 6.61 Å². The molecule has 5 rings (SSSR count). The van der Waals surface area contributed by atoms with Crippen molar-refractivity contribution in [3.8, 4) is 5.75 Å². The van der Waals surface area contributed by atoms with E-state index in [1.165, 1.54) is 38.5 Å². The van der Waals surface area contributed by atoms with Gasteiger partial charge in [-0.3, -0.25) is 0 Å². The summed E-state index contributed by atoms with van der Waals surface area (Å²) in [4.78, 5) is 0. The lowest BCUT2D eigenvalue weighted by Crippen LogP contribution is -2.55. The Balaban J connectivity index is 1.24. The van der Waals surface area contributed by atoms with Crippen molar-refractivity contribution < 1.29 is 29.9 Å². The fourth-order valence-corrected chi connectivity index (χ4v) is 6.09. The molecule has 0 radical (unpaired) electrons. The molecule has 1 saturated heterocycles. The van der Waals surface area contributed by atoms with Gasteiger partial charge >= 0.3 is 0 Å². The molecule has 1 aliphatic heterocycles. The molecule has 2 saturated carbocycles. The molecule has 1 heterocycles. The SMILES string of the molecule is OC[C@H]1OC(c2ccc(Cl)c(Cc3ccc(OC4CC5(CCCC5)C4)cc3)c2)[C@H](O)[C@@H](O)[C@@H]1O. The van der Waals surface area contributed by atoms with Gasteiger partial charge in [-0.05, 0) is 72.4 Å². The van der Waals surface area contributed by atoms with E-state index in [1.54, 1.807) is 12.1 Å². The third-order valence-electron chi connectivity index (χ3n) is 7.90. The Bertz CT molecular complexity index is 979. The lowest BCUT2D eigenvalue weighted by molar-refractivity contribution is -0.231. The first kappa shape index (κ1) is 24.0. The van der Waals surface area contributed by atoms with Crippen molar-refractivity contribution in [3.63, 3.8) is 0 Å². The average Bonchev–Trinajstić information content (AvgIpc) is 3.30. The highest BCUT2D eigenvalue weighted by molar-refractivity contribution is 6.31. The van der Waals surface area contributed by atoms with Crippen molar-refractivity contribution in [1.29, 1.82) is 0 Å². The molecule has 5 atom stereocenters. The maximum absolute atomic E-state index is 10.5. The predicted molar refractivity (Wildman–Crippen MR) is 128 cm³/mol. The van der Waals surface area contributed by atoms with Crippen LogP contribution in [0.2, 0.25) is 5.02 Å². The summed E-state index contributed by atoms with van der Waals surface area (Å²) in [5, 5.41) is 40.7. The van der Waals surface area contributed by atoms with E-state index in [9.17, 15) is 20.4 Å². The summed E-state index contributed by atoms with van der Waals surface area (Å²) in [5.74, 6) is 0.891. The number of aliphatic hydroxyl groups excluding tert-OH is 4. The highest BCUT2D eigenvalue weighted by Gasteiger charge is 2.47. The summed E-state index contributed by atoms with van der Waals surface area (Å²) in [6.07, 6.45) is 2.75. The Kier molecular flexibility index (Phi) is 6.90. The van der Waals surface area contributed by atoms with Crippen LogP contribution in [0.15, 0.2) is 42.5 Å². The molecule has 7 heteroatoms. The van der Waals surface area contributed by atoms with Crippen LogP contribution < -0.4 is 4.74 Å². The van der Waals surface area contributed by atoms with Gasteiger partial charge in [0, 0.05) is 5.02 Å². The second-order valence-corrected chi connectivity index (χ2v) is 10.7. The van der Waals surface area contributed by atoms with Crippen molar-refractivity contribution in [2.24, 2.45) is 5.41 Å². The lowest BCUT2D eigenvalue weighted by atomic mass is 9.65. The van der Waals surface area contributed by atoms with Crippen LogP contribution in [0.1, 0.15) is 61.3 Å². The van der Waals surface area contributed by atoms with Gasteiger partial charge < -0.3 is 29.9 Å². The van der Waals surface area contributed by atoms with Crippen LogP contribution in [-0.4, -0.2) is 57.6 Å². The molecule has 6 nitrogen and oxygen atoms in total. The maximum Gasteiger partial charge on any atom is 0.119 e. The van der Waals surface area contributed by atoms with Crippen LogP contribution in [0, 0.1) is 5.41 Å². The van der Waals surface area contributed by atoms with E-state index in [4.69, 9.17) is 21.1 Å². The maximum atomic E-state index is 10.5. The van der Waals surface area contributed by atoms with E-state index in [2.05, 4.69) is 0 Å². The summed E-state index contributed by atoms with van der Waals surface area (Å²) in [6.45, 7) is -0.460. The van der Waals surface area contributed by atoms with Gasteiger partial charge in [-0.15, -0.1) is 0 Å². The van der Waals surface area contributed by atoms with E-state index in [1.807, 2.05) is 30.3 Å². The zero-order valence-corrected chi connectivity index (χ0v) is 19.9. The largest absolute Gasteiger partial charge is 0.490 e. The molecule has 0 aromatic heterocycles. The van der Waals surface area contributed by atoms with Crippen LogP contribution in [0.4, 0.5) is 0 Å². The smallest absolute Gasteiger partial charge is 0.119 e. The summed E-state index contributed by atoms with van der Waals surface area (Å²) < 4.78 is 11.9. The van der Waals surface area contributed by atoms with Crippen LogP contribution in [0.25, 0.3) is 0 Å². The van der Waals surface area contributed by atoms with Gasteiger partial charge in [0.15, 0.2) is 0 Å². The van der Waals surface area contributed by atoms with Crippen molar-refractivity contribution >= 4 is 11.6 Å². The van der Waals surface area contributed by atoms with Gasteiger partial charge in [-0.25, -0.2) is 0 Å². The third-order valence-corrected chi connectivity index (χ3v) is 8.27. The predicted octanol–water partition coefficient (Wildman–Crippen LogP) is 3.55. The van der Waals surface area contributed by atoms with Crippen LogP contribution in [0.3, 0.4) is 0 Å². The first-order valence-electron chi connectivity index (χ1n) is 12.2. The average molecular weight is 489 g/mol. The molecule has 184 valence electrons. The second-order valence-electron chi connectivity index (χ2n) is 10.3. The summed E-state index contributed by atoms with van der Waals surface area (Å²) in [7, 11) is 0. The first-order chi connectivity index (χ1) is 16.4. The number of halogens is 1. The number of hydrogen-bond acceptors (Lipinski definition) is 6. The summed E-state index contributed by atoms with van der Waals surface area (Å²) >= 11 is 6.46. The van der Waals surface area contributed by atoms with Crippen LogP contribution in [-0.2, 0) is 11.2 Å². The molecule has 0 bridgehead atoms. The second kappa shape index (κ2) is 9.76. The van der Waals surface area contributed by atoms with Gasteiger partial charge in [0.25, 0.3) is 0 Å². The van der Waals surface area contributed by atoms with Crippen LogP contribution in [0.5, 0.6) is 5.75 Å². The molecule has 1 unspecified atom stereocenters. The Hall–Kier alpha value is -1.67. The van der Waals surface area contributed by atoms with Gasteiger partial charge in [-0.1, -0.05) is 48.7 Å². The minimum Gasteiger partial charge on any atom is -0.490 e. The van der Waals surface area contributed by atoms with E-state index < -0.39 is 37.1 Å². The molecule has 2 aliphatic carbocycles. The van der Waals surface area contributed by atoms with Crippen molar-refractivity contribution in [2.45, 2.75) is 81.6 Å². The van der Waals surface area contributed by atoms with Crippen LogP contribution >= 0.6 is 11.6 Å². The molecule has 1 spiro atoms. The Morgan fingerprint density at radius 2 is 1.65 bits per heavy atom. The summed E-state index contributed by atoms with van der Waals surface area (Å²) in [6, 6.07) is 13.4. The fraction of sp³-hybridized carbons (Fsp3) is 0.556. The number of rotatable bonds is 6. The molecule has 2 aromatic carbocycles. The monoisotopic (exact) mass is 488 g/mol. The quantitative estimate of drug-likeness (QED) is 0.496. The normalized spacial score (nSPS) is 30.9. The third kappa shape index (κ3) is 4.72. The molecule has 4 N–H and O–H groups in total. The molecule has 2 aromatic rings. The van der Waals surface area contributed by atoms with Crippen molar-refractivity contribution in [3.05, 3.63) is 64.2 Å². The van der Waals surface area contributed by atoms with Gasteiger partial charge in [-0.2, -0.15) is 0 Å². The Morgan fingerprint density at radius 1 is 0.941 bits per heavy atom. The first-order valence-corrected chi connectivity index (χ1v) is 12.6. The van der Waals surface area contributed by atoms with E-state index in [0.717, 1.165) is 16.9 Å². The van der Waals surface area contributed by atoms with Gasteiger partial charge in [0.1, 0.15) is 36.3 Å². The minimum absolute atomic E-state index is 0.327. The summed E-state index contributed by atoms with van der Waals surface area (Å²) in [5.41, 5.74) is 3.11. The highest BCUT2D eigenvalue weighted by atomic mass is 35.5. The Morgan fingerprint density at radius 3 is 2.32 bits per heavy atom. The number of ether oxygens (including phenoxy) is 2. The molecular weight excluding hydrogens is 456 g/mol. The van der Waals surface area contributed by atoms with E-state index >= 15 is 0 Å². The zero-order valence-electron chi connectivity index (χ0n) is 19.1. The molecule has 3 fully saturated rings. The highest BCUT2D eigenvalue weighted by Crippen LogP contribution is 2.54. The fourth-order valence-electron chi connectivity index (χ4n) is 5.91. The number of benzene rings is 2. The standard InChI is InChI=1S/C27H33ClO6/c28-21-8-5-17(26-25(32)24(31)23(30)22(15-29)34-26)12-18(21)11-16-3-6-19(7-4-16)33-20-13-27(14-20)9-1-2-10-27/h3-8,12,20,22-26,29-32H,1-2,9-11,13-15H2/t22-,23-,24+,25-,26?/m1/s1. The van der Waals surface area contributed by atoms with E-state index in [0.29, 0.717) is 28.5 Å². The topological polar surface area (TPSA) is 99.4 Å². The Labute approximate surface area is 205 Å². The molecule has 34 heavy (non-hydrogen) atoms. The van der Waals surface area contributed by atoms with Gasteiger partial charge in [0.2, 0.25) is 0 Å². The minimum atomic E-state index is -1.42. The molecule has 3 aliphatic rings. The van der Waals surface area contributed by atoms with E-state index in [-0.39, 0.29) is 0 Å². The number of hydrogen-bond donors (Lipinski definition) is 4. The number of aliphatic hydroxyl groups is 4. The van der Waals surface area contributed by atoms with Gasteiger partial charge in [0.05, 0.1) is 12.7 Å². The van der Waals surface area contributed by atoms with Crippen molar-refractivity contribution in [1.82, 2.24) is 0 Å². The zero-order chi connectivity index (χ0) is 23.9.